The lowest BCUT2D eigenvalue weighted by Crippen LogP contribution is -2.38. The number of hydrogen-bond donors (Lipinski definition) is 1. The molecule has 1 aromatic rings. The highest BCUT2D eigenvalue weighted by Gasteiger charge is 2.49. The smallest absolute Gasteiger partial charge is 0.340 e. The second-order valence-electron chi connectivity index (χ2n) is 4.06. The molecule has 0 amide bonds. The molecule has 2 rings (SSSR count). The van der Waals surface area contributed by atoms with E-state index in [9.17, 15) is 9.90 Å². The predicted molar refractivity (Wildman–Crippen MR) is 52.6 cm³/mol. The quantitative estimate of drug-likeness (QED) is 0.828. The second kappa shape index (κ2) is 3.38. The Morgan fingerprint density at radius 3 is 3.00 bits per heavy atom. The molecule has 0 saturated heterocycles. The van der Waals surface area contributed by atoms with Crippen LogP contribution in [0.5, 0.6) is 0 Å². The standard InChI is InChI=1S/C11H14O4/c1-7(2)15-11(10(12)13)5-3-9-8(11)4-6-14-9/h4,6-7H,3,5H2,1-2H3,(H,12,13). The van der Waals surface area contributed by atoms with E-state index in [0.29, 0.717) is 18.4 Å². The van der Waals surface area contributed by atoms with Gasteiger partial charge in [-0.1, -0.05) is 0 Å². The number of rotatable bonds is 3. The Morgan fingerprint density at radius 1 is 1.67 bits per heavy atom. The van der Waals surface area contributed by atoms with Crippen molar-refractivity contribution in [1.29, 1.82) is 0 Å². The number of fused-ring (bicyclic) bond motifs is 1. The topological polar surface area (TPSA) is 59.7 Å². The van der Waals surface area contributed by atoms with Crippen molar-refractivity contribution in [2.45, 2.75) is 38.4 Å². The highest BCUT2D eigenvalue weighted by atomic mass is 16.5. The van der Waals surface area contributed by atoms with Crippen LogP contribution in [0.1, 0.15) is 31.6 Å². The molecule has 0 aromatic carbocycles. The van der Waals surface area contributed by atoms with Crippen LogP contribution < -0.4 is 0 Å². The average Bonchev–Trinajstić information content (AvgIpc) is 2.67. The summed E-state index contributed by atoms with van der Waals surface area (Å²) in [5, 5.41) is 9.31. The van der Waals surface area contributed by atoms with Crippen molar-refractivity contribution in [3.63, 3.8) is 0 Å². The van der Waals surface area contributed by atoms with Gasteiger partial charge in [0.25, 0.3) is 0 Å². The zero-order valence-corrected chi connectivity index (χ0v) is 8.82. The summed E-state index contributed by atoms with van der Waals surface area (Å²) >= 11 is 0. The van der Waals surface area contributed by atoms with Crippen LogP contribution in [0.2, 0.25) is 0 Å². The minimum absolute atomic E-state index is 0.123. The molecule has 0 fully saturated rings. The van der Waals surface area contributed by atoms with Gasteiger partial charge in [0.2, 0.25) is 0 Å². The summed E-state index contributed by atoms with van der Waals surface area (Å²) in [5.41, 5.74) is -0.528. The molecule has 1 aliphatic rings. The second-order valence-corrected chi connectivity index (χ2v) is 4.06. The van der Waals surface area contributed by atoms with Crippen LogP contribution >= 0.6 is 0 Å². The third-order valence-electron chi connectivity index (χ3n) is 2.67. The van der Waals surface area contributed by atoms with Gasteiger partial charge in [0.05, 0.1) is 12.4 Å². The van der Waals surface area contributed by atoms with Gasteiger partial charge in [0.15, 0.2) is 5.60 Å². The van der Waals surface area contributed by atoms with Crippen molar-refractivity contribution in [2.75, 3.05) is 0 Å². The molecule has 1 aliphatic carbocycles. The average molecular weight is 210 g/mol. The van der Waals surface area contributed by atoms with Crippen LogP contribution in [0.4, 0.5) is 0 Å². The fourth-order valence-electron chi connectivity index (χ4n) is 2.12. The molecule has 4 nitrogen and oxygen atoms in total. The molecule has 0 saturated carbocycles. The third kappa shape index (κ3) is 1.45. The summed E-state index contributed by atoms with van der Waals surface area (Å²) in [5.74, 6) is -0.200. The van der Waals surface area contributed by atoms with Gasteiger partial charge in [-0.05, 0) is 26.3 Å². The summed E-state index contributed by atoms with van der Waals surface area (Å²) < 4.78 is 10.8. The molecule has 15 heavy (non-hydrogen) atoms. The molecule has 0 spiro atoms. The van der Waals surface area contributed by atoms with Gasteiger partial charge < -0.3 is 14.3 Å². The van der Waals surface area contributed by atoms with Gasteiger partial charge in [0, 0.05) is 12.0 Å². The predicted octanol–water partition coefficient (Wildman–Crippen LogP) is 1.93. The lowest BCUT2D eigenvalue weighted by atomic mass is 9.97. The van der Waals surface area contributed by atoms with Crippen LogP contribution in [0, 0.1) is 0 Å². The summed E-state index contributed by atoms with van der Waals surface area (Å²) in [6, 6.07) is 1.69. The fourth-order valence-corrected chi connectivity index (χ4v) is 2.12. The highest BCUT2D eigenvalue weighted by Crippen LogP contribution is 2.41. The number of aryl methyl sites for hydroxylation is 1. The number of ether oxygens (including phenoxy) is 1. The van der Waals surface area contributed by atoms with E-state index < -0.39 is 11.6 Å². The molecule has 82 valence electrons. The first-order valence-corrected chi connectivity index (χ1v) is 5.04. The van der Waals surface area contributed by atoms with E-state index in [4.69, 9.17) is 9.15 Å². The first-order valence-electron chi connectivity index (χ1n) is 5.04. The van der Waals surface area contributed by atoms with E-state index in [0.717, 1.165) is 5.76 Å². The Bertz CT molecular complexity index is 380. The number of carboxylic acid groups (broad SMARTS) is 1. The van der Waals surface area contributed by atoms with Crippen molar-refractivity contribution in [3.8, 4) is 0 Å². The first kappa shape index (κ1) is 10.2. The minimum Gasteiger partial charge on any atom is -0.479 e. The van der Waals surface area contributed by atoms with Crippen LogP contribution in [0.15, 0.2) is 16.7 Å². The normalized spacial score (nSPS) is 24.5. The van der Waals surface area contributed by atoms with E-state index in [1.165, 1.54) is 6.26 Å². The van der Waals surface area contributed by atoms with E-state index in [-0.39, 0.29) is 6.10 Å². The van der Waals surface area contributed by atoms with Crippen LogP contribution in [0.3, 0.4) is 0 Å². The maximum atomic E-state index is 11.4. The Kier molecular flexibility index (Phi) is 2.31. The van der Waals surface area contributed by atoms with E-state index in [1.54, 1.807) is 6.07 Å². The van der Waals surface area contributed by atoms with E-state index in [1.807, 2.05) is 13.8 Å². The molecule has 0 bridgehead atoms. The van der Waals surface area contributed by atoms with E-state index >= 15 is 0 Å². The van der Waals surface area contributed by atoms with Crippen molar-refractivity contribution in [3.05, 3.63) is 23.7 Å². The molecular weight excluding hydrogens is 196 g/mol. The van der Waals surface area contributed by atoms with Crippen molar-refractivity contribution in [2.24, 2.45) is 0 Å². The molecule has 0 radical (unpaired) electrons. The minimum atomic E-state index is -1.20. The molecule has 1 aromatic heterocycles. The largest absolute Gasteiger partial charge is 0.479 e. The first-order chi connectivity index (χ1) is 7.06. The third-order valence-corrected chi connectivity index (χ3v) is 2.67. The maximum absolute atomic E-state index is 11.4. The van der Waals surface area contributed by atoms with Gasteiger partial charge in [-0.3, -0.25) is 0 Å². The number of furan rings is 1. The SMILES string of the molecule is CC(C)OC1(C(=O)O)CCc2occc21. The Balaban J connectivity index is 2.42. The zero-order valence-electron chi connectivity index (χ0n) is 8.82. The van der Waals surface area contributed by atoms with Crippen LogP contribution in [0.25, 0.3) is 0 Å². The molecule has 1 N–H and O–H groups in total. The number of hydrogen-bond acceptors (Lipinski definition) is 3. The molecular formula is C11H14O4. The van der Waals surface area contributed by atoms with Crippen molar-refractivity contribution >= 4 is 5.97 Å². The van der Waals surface area contributed by atoms with E-state index in [2.05, 4.69) is 0 Å². The molecule has 1 atom stereocenters. The molecule has 0 aliphatic heterocycles. The molecule has 1 unspecified atom stereocenters. The number of carbonyl (C=O) groups is 1. The zero-order chi connectivity index (χ0) is 11.1. The van der Waals surface area contributed by atoms with Crippen LogP contribution in [-0.2, 0) is 21.6 Å². The van der Waals surface area contributed by atoms with Crippen LogP contribution in [-0.4, -0.2) is 17.2 Å². The van der Waals surface area contributed by atoms with Gasteiger partial charge in [-0.2, -0.15) is 0 Å². The lowest BCUT2D eigenvalue weighted by Gasteiger charge is -2.27. The van der Waals surface area contributed by atoms with Gasteiger partial charge in [-0.15, -0.1) is 0 Å². The Labute approximate surface area is 87.8 Å². The summed E-state index contributed by atoms with van der Waals surface area (Å²) in [4.78, 5) is 11.4. The van der Waals surface area contributed by atoms with Gasteiger partial charge in [-0.25, -0.2) is 4.79 Å². The van der Waals surface area contributed by atoms with Gasteiger partial charge >= 0.3 is 5.97 Å². The summed E-state index contributed by atoms with van der Waals surface area (Å²) in [7, 11) is 0. The molecule has 1 heterocycles. The summed E-state index contributed by atoms with van der Waals surface area (Å²) in [6.07, 6.45) is 2.48. The Morgan fingerprint density at radius 2 is 2.40 bits per heavy atom. The number of aliphatic carboxylic acids is 1. The maximum Gasteiger partial charge on any atom is 0.340 e. The fraction of sp³-hybridized carbons (Fsp3) is 0.545. The Hall–Kier alpha value is -1.29. The monoisotopic (exact) mass is 210 g/mol. The van der Waals surface area contributed by atoms with Crippen molar-refractivity contribution < 1.29 is 19.1 Å². The molecule has 4 heteroatoms. The number of carboxylic acids is 1. The lowest BCUT2D eigenvalue weighted by molar-refractivity contribution is -0.173. The summed E-state index contributed by atoms with van der Waals surface area (Å²) in [6.45, 7) is 3.67. The van der Waals surface area contributed by atoms with Crippen molar-refractivity contribution in [1.82, 2.24) is 0 Å². The van der Waals surface area contributed by atoms with Gasteiger partial charge in [0.1, 0.15) is 5.76 Å². The highest BCUT2D eigenvalue weighted by molar-refractivity contribution is 5.81.